The fourth-order valence-electron chi connectivity index (χ4n) is 3.16. The lowest BCUT2D eigenvalue weighted by Crippen LogP contribution is -2.49. The fourth-order valence-corrected chi connectivity index (χ4v) is 3.65. The second kappa shape index (κ2) is 6.74. The monoisotopic (exact) mass is 390 g/mol. The van der Waals surface area contributed by atoms with Crippen LogP contribution in [0, 0.1) is 0 Å². The van der Waals surface area contributed by atoms with Crippen molar-refractivity contribution in [2.24, 2.45) is 7.05 Å². The van der Waals surface area contributed by atoms with E-state index in [1.54, 1.807) is 40.3 Å². The number of carbonyl (C=O) groups is 1. The third-order valence-corrected chi connectivity index (χ3v) is 5.08. The number of amides is 1. The van der Waals surface area contributed by atoms with Crippen molar-refractivity contribution < 1.29 is 4.79 Å². The average Bonchev–Trinajstić information content (AvgIpc) is 3.03. The highest BCUT2D eigenvalue weighted by Gasteiger charge is 2.25. The Morgan fingerprint density at radius 3 is 2.62 bits per heavy atom. The maximum absolute atomic E-state index is 12.7. The molecule has 1 fully saturated rings. The molecule has 0 atom stereocenters. The second-order valence-corrected chi connectivity index (χ2v) is 6.95. The highest BCUT2D eigenvalue weighted by molar-refractivity contribution is 6.36. The van der Waals surface area contributed by atoms with Crippen LogP contribution in [0.15, 0.2) is 30.7 Å². The summed E-state index contributed by atoms with van der Waals surface area (Å²) < 4.78 is 1.73. The molecule has 0 aliphatic carbocycles. The summed E-state index contributed by atoms with van der Waals surface area (Å²) >= 11 is 12.1. The normalized spacial score (nSPS) is 14.9. The van der Waals surface area contributed by atoms with Crippen molar-refractivity contribution in [1.29, 1.82) is 0 Å². The molecule has 0 bridgehead atoms. The number of piperazine rings is 1. The molecule has 9 heteroatoms. The molecule has 2 aromatic heterocycles. The van der Waals surface area contributed by atoms with Gasteiger partial charge in [0, 0.05) is 38.2 Å². The third kappa shape index (κ3) is 2.97. The lowest BCUT2D eigenvalue weighted by atomic mass is 10.1. The van der Waals surface area contributed by atoms with Crippen molar-refractivity contribution in [3.63, 3.8) is 0 Å². The molecule has 1 aliphatic rings. The van der Waals surface area contributed by atoms with Gasteiger partial charge in [0.2, 0.25) is 0 Å². The van der Waals surface area contributed by atoms with Crippen LogP contribution in [-0.4, -0.2) is 56.7 Å². The van der Waals surface area contributed by atoms with Crippen molar-refractivity contribution >= 4 is 46.0 Å². The maximum Gasteiger partial charge on any atom is 0.255 e. The molecule has 0 spiro atoms. The minimum atomic E-state index is -0.0828. The van der Waals surface area contributed by atoms with E-state index in [0.29, 0.717) is 41.8 Å². The number of nitrogens with zero attached hydrogens (tertiary/aromatic N) is 6. The van der Waals surface area contributed by atoms with Gasteiger partial charge in [-0.05, 0) is 18.2 Å². The lowest BCUT2D eigenvalue weighted by molar-refractivity contribution is 0.0747. The van der Waals surface area contributed by atoms with E-state index in [1.165, 1.54) is 0 Å². The largest absolute Gasteiger partial charge is 0.352 e. The second-order valence-electron chi connectivity index (χ2n) is 6.11. The van der Waals surface area contributed by atoms with Gasteiger partial charge in [-0.25, -0.2) is 9.97 Å². The summed E-state index contributed by atoms with van der Waals surface area (Å²) in [5.41, 5.74) is 1.27. The van der Waals surface area contributed by atoms with Gasteiger partial charge in [-0.2, -0.15) is 5.10 Å². The van der Waals surface area contributed by atoms with E-state index in [1.807, 2.05) is 7.05 Å². The first-order chi connectivity index (χ1) is 12.5. The first kappa shape index (κ1) is 17.1. The van der Waals surface area contributed by atoms with Gasteiger partial charge in [-0.15, -0.1) is 0 Å². The molecular formula is C17H16Cl2N6O. The van der Waals surface area contributed by atoms with Gasteiger partial charge in [0.25, 0.3) is 5.91 Å². The molecule has 26 heavy (non-hydrogen) atoms. The zero-order chi connectivity index (χ0) is 18.3. The summed E-state index contributed by atoms with van der Waals surface area (Å²) in [6.07, 6.45) is 3.32. The highest BCUT2D eigenvalue weighted by atomic mass is 35.5. The van der Waals surface area contributed by atoms with Crippen molar-refractivity contribution in [2.45, 2.75) is 0 Å². The van der Waals surface area contributed by atoms with Crippen LogP contribution in [0.5, 0.6) is 0 Å². The SMILES string of the molecule is Cn1ncc2c(N3CCN(C(=O)c4ccc(Cl)cc4Cl)CC3)ncnc21. The van der Waals surface area contributed by atoms with Gasteiger partial charge < -0.3 is 9.80 Å². The average molecular weight is 391 g/mol. The molecule has 1 amide bonds. The molecule has 0 radical (unpaired) electrons. The number of carbonyl (C=O) groups excluding carboxylic acids is 1. The van der Waals surface area contributed by atoms with E-state index in [9.17, 15) is 4.79 Å². The molecule has 1 aliphatic heterocycles. The summed E-state index contributed by atoms with van der Waals surface area (Å²) in [6.45, 7) is 2.53. The molecule has 0 N–H and O–H groups in total. The molecule has 0 saturated carbocycles. The van der Waals surface area contributed by atoms with Gasteiger partial charge in [-0.3, -0.25) is 9.48 Å². The van der Waals surface area contributed by atoms with Gasteiger partial charge in [0.15, 0.2) is 5.65 Å². The van der Waals surface area contributed by atoms with Crippen LogP contribution >= 0.6 is 23.2 Å². The molecule has 0 unspecified atom stereocenters. The first-order valence-electron chi connectivity index (χ1n) is 8.16. The van der Waals surface area contributed by atoms with E-state index in [2.05, 4.69) is 20.0 Å². The number of rotatable bonds is 2. The number of fused-ring (bicyclic) bond motifs is 1. The van der Waals surface area contributed by atoms with Gasteiger partial charge in [0.05, 0.1) is 22.2 Å². The molecule has 1 aromatic carbocycles. The number of aryl methyl sites for hydroxylation is 1. The molecule has 7 nitrogen and oxygen atoms in total. The Bertz CT molecular complexity index is 981. The zero-order valence-electron chi connectivity index (χ0n) is 14.1. The summed E-state index contributed by atoms with van der Waals surface area (Å²) in [6, 6.07) is 4.94. The first-order valence-corrected chi connectivity index (χ1v) is 8.92. The molecule has 4 rings (SSSR count). The van der Waals surface area contributed by atoms with Crippen molar-refractivity contribution in [3.05, 3.63) is 46.3 Å². The van der Waals surface area contributed by atoms with Gasteiger partial charge >= 0.3 is 0 Å². The minimum Gasteiger partial charge on any atom is -0.352 e. The number of hydrogen-bond acceptors (Lipinski definition) is 5. The van der Waals surface area contributed by atoms with E-state index in [0.717, 1.165) is 16.9 Å². The molecule has 3 aromatic rings. The van der Waals surface area contributed by atoms with Gasteiger partial charge in [-0.1, -0.05) is 23.2 Å². The van der Waals surface area contributed by atoms with E-state index < -0.39 is 0 Å². The Labute approximate surface area is 160 Å². The molecule has 3 heterocycles. The number of halogens is 2. The van der Waals surface area contributed by atoms with Crippen molar-refractivity contribution in [2.75, 3.05) is 31.1 Å². The topological polar surface area (TPSA) is 67.2 Å². The van der Waals surface area contributed by atoms with E-state index in [-0.39, 0.29) is 5.91 Å². The minimum absolute atomic E-state index is 0.0828. The van der Waals surface area contributed by atoms with E-state index >= 15 is 0 Å². The predicted octanol–water partition coefficient (Wildman–Crippen LogP) is 2.63. The van der Waals surface area contributed by atoms with Crippen molar-refractivity contribution in [1.82, 2.24) is 24.6 Å². The van der Waals surface area contributed by atoms with Crippen LogP contribution < -0.4 is 4.90 Å². The smallest absolute Gasteiger partial charge is 0.255 e. The van der Waals surface area contributed by atoms with Crippen LogP contribution in [0.25, 0.3) is 11.0 Å². The Morgan fingerprint density at radius 2 is 1.88 bits per heavy atom. The Kier molecular flexibility index (Phi) is 4.42. The molecule has 134 valence electrons. The third-order valence-electron chi connectivity index (χ3n) is 4.54. The van der Waals surface area contributed by atoms with Crippen LogP contribution in [0.2, 0.25) is 10.0 Å². The van der Waals surface area contributed by atoms with Crippen molar-refractivity contribution in [3.8, 4) is 0 Å². The van der Waals surface area contributed by atoms with Crippen LogP contribution in [0.3, 0.4) is 0 Å². The lowest BCUT2D eigenvalue weighted by Gasteiger charge is -2.35. The molecule has 1 saturated heterocycles. The fraction of sp³-hybridized carbons (Fsp3) is 0.294. The quantitative estimate of drug-likeness (QED) is 0.672. The summed E-state index contributed by atoms with van der Waals surface area (Å²) in [5, 5.41) is 6.05. The maximum atomic E-state index is 12.7. The molecular weight excluding hydrogens is 375 g/mol. The van der Waals surface area contributed by atoms with E-state index in [4.69, 9.17) is 23.2 Å². The number of aromatic nitrogens is 4. The number of anilines is 1. The Balaban J connectivity index is 1.51. The predicted molar refractivity (Wildman–Crippen MR) is 101 cm³/mol. The van der Waals surface area contributed by atoms with Crippen LogP contribution in [0.1, 0.15) is 10.4 Å². The van der Waals surface area contributed by atoms with Gasteiger partial charge in [0.1, 0.15) is 12.1 Å². The summed E-state index contributed by atoms with van der Waals surface area (Å²) in [5.74, 6) is 0.764. The van der Waals surface area contributed by atoms with Crippen LogP contribution in [-0.2, 0) is 7.05 Å². The summed E-state index contributed by atoms with van der Waals surface area (Å²) in [4.78, 5) is 25.4. The zero-order valence-corrected chi connectivity index (χ0v) is 15.6. The Hall–Kier alpha value is -2.38. The Morgan fingerprint density at radius 1 is 1.12 bits per heavy atom. The number of benzene rings is 1. The number of hydrogen-bond donors (Lipinski definition) is 0. The standard InChI is InChI=1S/C17H16Cl2N6O/c1-23-15-13(9-22-23)16(21-10-20-15)24-4-6-25(7-5-24)17(26)12-3-2-11(18)8-14(12)19/h2-3,8-10H,4-7H2,1H3. The van der Waals surface area contributed by atoms with Crippen LogP contribution in [0.4, 0.5) is 5.82 Å². The highest BCUT2D eigenvalue weighted by Crippen LogP contribution is 2.25. The summed E-state index contributed by atoms with van der Waals surface area (Å²) in [7, 11) is 1.85.